The molecule has 0 aliphatic carbocycles. The molecule has 6 heteroatoms. The van der Waals surface area contributed by atoms with Crippen molar-refractivity contribution in [3.8, 4) is 0 Å². The van der Waals surface area contributed by atoms with E-state index in [0.717, 1.165) is 26.2 Å². The lowest BCUT2D eigenvalue weighted by Gasteiger charge is -2.14. The van der Waals surface area contributed by atoms with Crippen LogP contribution in [0.15, 0.2) is 0 Å². The third-order valence-electron chi connectivity index (χ3n) is 2.75. The molecule has 1 aliphatic heterocycles. The largest absolute Gasteiger partial charge is 0.316 e. The monoisotopic (exact) mass is 249 g/mol. The van der Waals surface area contributed by atoms with Crippen LogP contribution in [0.1, 0.15) is 19.8 Å². The summed E-state index contributed by atoms with van der Waals surface area (Å²) >= 11 is 0. The Morgan fingerprint density at radius 3 is 2.50 bits per heavy atom. The molecule has 1 aliphatic rings. The second kappa shape index (κ2) is 7.21. The van der Waals surface area contributed by atoms with Crippen molar-refractivity contribution in [3.05, 3.63) is 0 Å². The molecule has 0 aromatic heterocycles. The molecule has 1 heterocycles. The fraction of sp³-hybridized carbons (Fsp3) is 1.00. The first-order valence-corrected chi connectivity index (χ1v) is 7.69. The first-order chi connectivity index (χ1) is 7.64. The minimum Gasteiger partial charge on any atom is -0.316 e. The highest BCUT2D eigenvalue weighted by Gasteiger charge is 2.13. The van der Waals surface area contributed by atoms with Gasteiger partial charge >= 0.3 is 0 Å². The van der Waals surface area contributed by atoms with Gasteiger partial charge in [-0.25, -0.2) is 13.1 Å². The number of nitrogens with zero attached hydrogens (tertiary/aromatic N) is 1. The molecular weight excluding hydrogens is 226 g/mol. The van der Waals surface area contributed by atoms with Crippen molar-refractivity contribution in [2.75, 3.05) is 45.0 Å². The van der Waals surface area contributed by atoms with E-state index in [1.54, 1.807) is 0 Å². The highest BCUT2D eigenvalue weighted by Crippen LogP contribution is 2.05. The van der Waals surface area contributed by atoms with Gasteiger partial charge in [0.2, 0.25) is 10.0 Å². The quantitative estimate of drug-likeness (QED) is 0.575. The smallest absolute Gasteiger partial charge is 0.212 e. The first-order valence-electron chi connectivity index (χ1n) is 6.04. The second-order valence-electron chi connectivity index (χ2n) is 4.12. The molecule has 2 N–H and O–H groups in total. The van der Waals surface area contributed by atoms with Gasteiger partial charge in [-0.2, -0.15) is 0 Å². The van der Waals surface area contributed by atoms with Gasteiger partial charge in [-0.1, -0.05) is 6.92 Å². The van der Waals surface area contributed by atoms with Crippen molar-refractivity contribution in [3.63, 3.8) is 0 Å². The van der Waals surface area contributed by atoms with E-state index in [0.29, 0.717) is 13.1 Å². The number of rotatable bonds is 8. The molecule has 5 nitrogen and oxygen atoms in total. The number of sulfonamides is 1. The summed E-state index contributed by atoms with van der Waals surface area (Å²) in [6, 6.07) is 0. The van der Waals surface area contributed by atoms with Crippen LogP contribution in [0.3, 0.4) is 0 Å². The lowest BCUT2D eigenvalue weighted by molar-refractivity contribution is 0.344. The molecule has 1 saturated heterocycles. The van der Waals surface area contributed by atoms with Gasteiger partial charge in [0.15, 0.2) is 0 Å². The van der Waals surface area contributed by atoms with E-state index >= 15 is 0 Å². The molecule has 0 unspecified atom stereocenters. The Morgan fingerprint density at radius 2 is 1.88 bits per heavy atom. The van der Waals surface area contributed by atoms with Crippen LogP contribution in [-0.2, 0) is 10.0 Å². The van der Waals surface area contributed by atoms with Gasteiger partial charge in [0, 0.05) is 19.6 Å². The Morgan fingerprint density at radius 1 is 1.19 bits per heavy atom. The van der Waals surface area contributed by atoms with Crippen LogP contribution in [0.25, 0.3) is 0 Å². The van der Waals surface area contributed by atoms with E-state index in [9.17, 15) is 8.42 Å². The lowest BCUT2D eigenvalue weighted by atomic mass is 10.4. The van der Waals surface area contributed by atoms with E-state index in [2.05, 4.69) is 14.9 Å². The van der Waals surface area contributed by atoms with E-state index < -0.39 is 10.0 Å². The zero-order valence-electron chi connectivity index (χ0n) is 10.0. The summed E-state index contributed by atoms with van der Waals surface area (Å²) in [7, 11) is -3.08. The van der Waals surface area contributed by atoms with Crippen LogP contribution in [0.4, 0.5) is 0 Å². The Labute approximate surface area is 98.6 Å². The average Bonchev–Trinajstić information content (AvgIpc) is 2.70. The van der Waals surface area contributed by atoms with Crippen LogP contribution in [0.2, 0.25) is 0 Å². The average molecular weight is 249 g/mol. The van der Waals surface area contributed by atoms with Crippen molar-refractivity contribution in [2.24, 2.45) is 0 Å². The Balaban J connectivity index is 2.09. The number of nitrogens with one attached hydrogen (secondary N) is 2. The van der Waals surface area contributed by atoms with Crippen LogP contribution < -0.4 is 10.0 Å². The standard InChI is InChI=1S/C10H23N3O2S/c1-2-11-6-10-16(14,15)12-5-9-13-7-3-4-8-13/h11-12H,2-10H2,1H3. The van der Waals surface area contributed by atoms with Crippen molar-refractivity contribution < 1.29 is 8.42 Å². The number of likely N-dealkylation sites (tertiary alicyclic amines) is 1. The predicted octanol–water partition coefficient (Wildman–Crippen LogP) is -0.389. The van der Waals surface area contributed by atoms with Crippen LogP contribution in [0, 0.1) is 0 Å². The number of hydrogen-bond donors (Lipinski definition) is 2. The lowest BCUT2D eigenvalue weighted by Crippen LogP contribution is -2.36. The molecule has 0 amide bonds. The molecule has 0 aromatic rings. The molecular formula is C10H23N3O2S. The minimum atomic E-state index is -3.08. The van der Waals surface area contributed by atoms with Gasteiger partial charge in [0.1, 0.15) is 0 Å². The molecule has 16 heavy (non-hydrogen) atoms. The van der Waals surface area contributed by atoms with Gasteiger partial charge in [0.05, 0.1) is 5.75 Å². The first kappa shape index (κ1) is 13.9. The predicted molar refractivity (Wildman–Crippen MR) is 66.0 cm³/mol. The minimum absolute atomic E-state index is 0.167. The van der Waals surface area contributed by atoms with E-state index in [1.165, 1.54) is 12.8 Å². The molecule has 0 saturated carbocycles. The molecule has 96 valence electrons. The van der Waals surface area contributed by atoms with Crippen molar-refractivity contribution in [1.82, 2.24) is 14.9 Å². The van der Waals surface area contributed by atoms with Gasteiger partial charge in [-0.05, 0) is 32.5 Å². The zero-order chi connectivity index (χ0) is 11.9. The summed E-state index contributed by atoms with van der Waals surface area (Å²) in [6.07, 6.45) is 2.49. The molecule has 1 fully saturated rings. The maximum absolute atomic E-state index is 11.5. The topological polar surface area (TPSA) is 61.4 Å². The summed E-state index contributed by atoms with van der Waals surface area (Å²) in [5.74, 6) is 0.167. The summed E-state index contributed by atoms with van der Waals surface area (Å²) in [5.41, 5.74) is 0. The number of hydrogen-bond acceptors (Lipinski definition) is 4. The maximum atomic E-state index is 11.5. The molecule has 0 bridgehead atoms. The Hall–Kier alpha value is -0.170. The van der Waals surface area contributed by atoms with Crippen molar-refractivity contribution in [1.29, 1.82) is 0 Å². The normalized spacial score (nSPS) is 18.1. The fourth-order valence-corrected chi connectivity index (χ4v) is 2.78. The molecule has 0 aromatic carbocycles. The van der Waals surface area contributed by atoms with E-state index in [-0.39, 0.29) is 5.75 Å². The van der Waals surface area contributed by atoms with Gasteiger partial charge in [-0.15, -0.1) is 0 Å². The highest BCUT2D eigenvalue weighted by molar-refractivity contribution is 7.89. The Bertz CT molecular complexity index is 274. The third-order valence-corrected chi connectivity index (χ3v) is 4.13. The highest BCUT2D eigenvalue weighted by atomic mass is 32.2. The van der Waals surface area contributed by atoms with Crippen molar-refractivity contribution >= 4 is 10.0 Å². The van der Waals surface area contributed by atoms with Gasteiger partial charge in [-0.3, -0.25) is 0 Å². The summed E-state index contributed by atoms with van der Waals surface area (Å²) in [5, 5.41) is 3.01. The summed E-state index contributed by atoms with van der Waals surface area (Å²) in [6.45, 7) is 6.89. The SMILES string of the molecule is CCNCCS(=O)(=O)NCCN1CCCC1. The summed E-state index contributed by atoms with van der Waals surface area (Å²) < 4.78 is 25.7. The zero-order valence-corrected chi connectivity index (χ0v) is 10.9. The van der Waals surface area contributed by atoms with E-state index in [4.69, 9.17) is 0 Å². The molecule has 1 rings (SSSR count). The maximum Gasteiger partial charge on any atom is 0.212 e. The van der Waals surface area contributed by atoms with Gasteiger partial charge < -0.3 is 10.2 Å². The third kappa shape index (κ3) is 5.79. The summed E-state index contributed by atoms with van der Waals surface area (Å²) in [4.78, 5) is 2.30. The van der Waals surface area contributed by atoms with Crippen LogP contribution in [-0.4, -0.2) is 58.3 Å². The molecule has 0 spiro atoms. The molecule has 0 radical (unpaired) electrons. The second-order valence-corrected chi connectivity index (χ2v) is 6.04. The molecule has 0 atom stereocenters. The van der Waals surface area contributed by atoms with E-state index in [1.807, 2.05) is 6.92 Å². The van der Waals surface area contributed by atoms with Gasteiger partial charge in [0.25, 0.3) is 0 Å². The fourth-order valence-electron chi connectivity index (χ4n) is 1.82. The Kier molecular flexibility index (Phi) is 6.26. The van der Waals surface area contributed by atoms with Crippen molar-refractivity contribution in [2.45, 2.75) is 19.8 Å². The van der Waals surface area contributed by atoms with Crippen LogP contribution in [0.5, 0.6) is 0 Å². The van der Waals surface area contributed by atoms with Crippen LogP contribution >= 0.6 is 0 Å².